The van der Waals surface area contributed by atoms with Gasteiger partial charge in [0.25, 0.3) is 0 Å². The van der Waals surface area contributed by atoms with Gasteiger partial charge in [0.05, 0.1) is 24.8 Å². The minimum absolute atomic E-state index is 0.0890. The number of methoxy groups -OCH3 is 2. The average Bonchev–Trinajstić information content (AvgIpc) is 2.48. The van der Waals surface area contributed by atoms with Gasteiger partial charge in [-0.15, -0.1) is 0 Å². The SMILES string of the molecule is COc1ccc(OC)c(C(=O)Cc2ccncc2Cl)c1. The number of rotatable bonds is 5. The number of hydrogen-bond donors (Lipinski definition) is 0. The molecule has 0 aliphatic rings. The number of halogens is 1. The van der Waals surface area contributed by atoms with Gasteiger partial charge in [-0.3, -0.25) is 9.78 Å². The number of ether oxygens (including phenoxy) is 2. The molecule has 0 spiro atoms. The highest BCUT2D eigenvalue weighted by molar-refractivity contribution is 6.31. The molecular weight excluding hydrogens is 278 g/mol. The number of carbonyl (C=O) groups is 1. The van der Waals surface area contributed by atoms with Gasteiger partial charge in [0.2, 0.25) is 0 Å². The van der Waals surface area contributed by atoms with Crippen LogP contribution in [0, 0.1) is 0 Å². The van der Waals surface area contributed by atoms with Crippen molar-refractivity contribution in [3.8, 4) is 11.5 Å². The molecule has 2 aromatic rings. The molecule has 0 saturated carbocycles. The third-order valence-electron chi connectivity index (χ3n) is 2.91. The van der Waals surface area contributed by atoms with Crippen molar-refractivity contribution in [2.75, 3.05) is 14.2 Å². The zero-order chi connectivity index (χ0) is 14.5. The van der Waals surface area contributed by atoms with E-state index in [1.807, 2.05) is 0 Å². The van der Waals surface area contributed by atoms with Crippen LogP contribution in [0.2, 0.25) is 5.02 Å². The first-order valence-corrected chi connectivity index (χ1v) is 6.37. The lowest BCUT2D eigenvalue weighted by atomic mass is 10.0. The molecule has 20 heavy (non-hydrogen) atoms. The lowest BCUT2D eigenvalue weighted by molar-refractivity contribution is 0.0989. The molecule has 104 valence electrons. The predicted octanol–water partition coefficient (Wildman–Crippen LogP) is 3.18. The summed E-state index contributed by atoms with van der Waals surface area (Å²) in [6.45, 7) is 0. The van der Waals surface area contributed by atoms with Crippen LogP contribution in [0.15, 0.2) is 36.7 Å². The van der Waals surface area contributed by atoms with Gasteiger partial charge in [0, 0.05) is 18.8 Å². The quantitative estimate of drug-likeness (QED) is 0.794. The molecule has 0 bridgehead atoms. The smallest absolute Gasteiger partial charge is 0.171 e. The van der Waals surface area contributed by atoms with Crippen LogP contribution in [0.1, 0.15) is 15.9 Å². The first-order valence-electron chi connectivity index (χ1n) is 5.99. The van der Waals surface area contributed by atoms with Gasteiger partial charge in [0.1, 0.15) is 11.5 Å². The van der Waals surface area contributed by atoms with Crippen molar-refractivity contribution in [2.24, 2.45) is 0 Å². The molecule has 0 unspecified atom stereocenters. The second kappa shape index (κ2) is 6.39. The average molecular weight is 292 g/mol. The maximum atomic E-state index is 12.4. The molecule has 0 aliphatic heterocycles. The topological polar surface area (TPSA) is 48.4 Å². The van der Waals surface area contributed by atoms with Gasteiger partial charge < -0.3 is 9.47 Å². The molecule has 5 heteroatoms. The van der Waals surface area contributed by atoms with E-state index in [1.165, 1.54) is 13.3 Å². The van der Waals surface area contributed by atoms with Crippen LogP contribution >= 0.6 is 11.6 Å². The summed E-state index contributed by atoms with van der Waals surface area (Å²) in [5, 5.41) is 0.475. The van der Waals surface area contributed by atoms with E-state index >= 15 is 0 Å². The number of pyridine rings is 1. The van der Waals surface area contributed by atoms with Gasteiger partial charge in [-0.2, -0.15) is 0 Å². The van der Waals surface area contributed by atoms with Crippen LogP contribution in [-0.4, -0.2) is 25.0 Å². The van der Waals surface area contributed by atoms with E-state index in [4.69, 9.17) is 21.1 Å². The Morgan fingerprint density at radius 1 is 1.25 bits per heavy atom. The van der Waals surface area contributed by atoms with Gasteiger partial charge in [-0.1, -0.05) is 11.6 Å². The molecule has 4 nitrogen and oxygen atoms in total. The number of aromatic nitrogens is 1. The Bertz CT molecular complexity index is 628. The maximum absolute atomic E-state index is 12.4. The van der Waals surface area contributed by atoms with Crippen molar-refractivity contribution in [3.63, 3.8) is 0 Å². The number of nitrogens with zero attached hydrogens (tertiary/aromatic N) is 1. The summed E-state index contributed by atoms with van der Waals surface area (Å²) in [4.78, 5) is 16.3. The zero-order valence-electron chi connectivity index (χ0n) is 11.2. The van der Waals surface area contributed by atoms with E-state index in [0.717, 1.165) is 5.56 Å². The van der Waals surface area contributed by atoms with Crippen molar-refractivity contribution >= 4 is 17.4 Å². The van der Waals surface area contributed by atoms with E-state index in [1.54, 1.807) is 37.6 Å². The lowest BCUT2D eigenvalue weighted by Gasteiger charge is -2.10. The van der Waals surface area contributed by atoms with Crippen LogP contribution in [0.4, 0.5) is 0 Å². The van der Waals surface area contributed by atoms with Crippen LogP contribution in [0.25, 0.3) is 0 Å². The Morgan fingerprint density at radius 2 is 2.05 bits per heavy atom. The van der Waals surface area contributed by atoms with Crippen LogP contribution in [0.3, 0.4) is 0 Å². The summed E-state index contributed by atoms with van der Waals surface area (Å²) in [6, 6.07) is 6.85. The third-order valence-corrected chi connectivity index (χ3v) is 3.25. The molecule has 1 heterocycles. The van der Waals surface area contributed by atoms with Crippen molar-refractivity contribution in [2.45, 2.75) is 6.42 Å². The summed E-state index contributed by atoms with van der Waals surface area (Å²) in [5.74, 6) is 1.03. The predicted molar refractivity (Wildman–Crippen MR) is 76.8 cm³/mol. The Hall–Kier alpha value is -2.07. The second-order valence-electron chi connectivity index (χ2n) is 4.13. The Labute approximate surface area is 122 Å². The summed E-state index contributed by atoms with van der Waals surface area (Å²) >= 11 is 6.02. The molecule has 0 amide bonds. The maximum Gasteiger partial charge on any atom is 0.171 e. The third kappa shape index (κ3) is 3.08. The number of benzene rings is 1. The fourth-order valence-electron chi connectivity index (χ4n) is 1.85. The van der Waals surface area contributed by atoms with Crippen molar-refractivity contribution in [1.82, 2.24) is 4.98 Å². The summed E-state index contributed by atoms with van der Waals surface area (Å²) < 4.78 is 10.3. The largest absolute Gasteiger partial charge is 0.497 e. The summed E-state index contributed by atoms with van der Waals surface area (Å²) in [6.07, 6.45) is 3.31. The minimum Gasteiger partial charge on any atom is -0.497 e. The number of ketones is 1. The monoisotopic (exact) mass is 291 g/mol. The second-order valence-corrected chi connectivity index (χ2v) is 4.54. The molecule has 0 N–H and O–H groups in total. The fourth-order valence-corrected chi connectivity index (χ4v) is 2.03. The van der Waals surface area contributed by atoms with Crippen LogP contribution in [0.5, 0.6) is 11.5 Å². The zero-order valence-corrected chi connectivity index (χ0v) is 12.0. The van der Waals surface area contributed by atoms with E-state index in [9.17, 15) is 4.79 Å². The normalized spacial score (nSPS) is 10.2. The molecule has 0 fully saturated rings. The molecule has 0 aliphatic carbocycles. The number of carbonyl (C=O) groups excluding carboxylic acids is 1. The van der Waals surface area contributed by atoms with E-state index in [0.29, 0.717) is 22.1 Å². The Balaban J connectivity index is 2.31. The molecule has 1 aromatic heterocycles. The molecular formula is C15H14ClNO3. The van der Waals surface area contributed by atoms with Gasteiger partial charge in [-0.25, -0.2) is 0 Å². The number of hydrogen-bond acceptors (Lipinski definition) is 4. The van der Waals surface area contributed by atoms with E-state index in [2.05, 4.69) is 4.98 Å². The highest BCUT2D eigenvalue weighted by Gasteiger charge is 2.15. The van der Waals surface area contributed by atoms with Crippen LogP contribution in [-0.2, 0) is 6.42 Å². The fraction of sp³-hybridized carbons (Fsp3) is 0.200. The van der Waals surface area contributed by atoms with Crippen molar-refractivity contribution in [3.05, 3.63) is 52.8 Å². The standard InChI is InChI=1S/C15H14ClNO3/c1-19-11-3-4-15(20-2)12(8-11)14(18)7-10-5-6-17-9-13(10)16/h3-6,8-9H,7H2,1-2H3. The van der Waals surface area contributed by atoms with Gasteiger partial charge in [0.15, 0.2) is 5.78 Å². The molecule has 1 aromatic carbocycles. The highest BCUT2D eigenvalue weighted by Crippen LogP contribution is 2.26. The first kappa shape index (κ1) is 14.3. The highest BCUT2D eigenvalue weighted by atomic mass is 35.5. The lowest BCUT2D eigenvalue weighted by Crippen LogP contribution is -2.06. The minimum atomic E-state index is -0.0890. The Kier molecular flexibility index (Phi) is 4.58. The number of Topliss-reactive ketones (excluding diaryl/α,β-unsaturated/α-hetero) is 1. The van der Waals surface area contributed by atoms with Crippen molar-refractivity contribution < 1.29 is 14.3 Å². The summed E-state index contributed by atoms with van der Waals surface area (Å²) in [5.41, 5.74) is 1.20. The van der Waals surface area contributed by atoms with Crippen molar-refractivity contribution in [1.29, 1.82) is 0 Å². The van der Waals surface area contributed by atoms with E-state index < -0.39 is 0 Å². The summed E-state index contributed by atoms with van der Waals surface area (Å²) in [7, 11) is 3.08. The molecule has 0 atom stereocenters. The van der Waals surface area contributed by atoms with Gasteiger partial charge >= 0.3 is 0 Å². The van der Waals surface area contributed by atoms with Gasteiger partial charge in [-0.05, 0) is 29.8 Å². The molecule has 0 radical (unpaired) electrons. The van der Waals surface area contributed by atoms with E-state index in [-0.39, 0.29) is 12.2 Å². The Morgan fingerprint density at radius 3 is 2.70 bits per heavy atom. The molecule has 0 saturated heterocycles. The van der Waals surface area contributed by atoms with Crippen LogP contribution < -0.4 is 9.47 Å². The first-order chi connectivity index (χ1) is 9.65. The molecule has 2 rings (SSSR count).